The second-order valence-electron chi connectivity index (χ2n) is 5.46. The lowest BCUT2D eigenvalue weighted by atomic mass is 10.1. The minimum absolute atomic E-state index is 0.326. The molecule has 2 N–H and O–H groups in total. The van der Waals surface area contributed by atoms with E-state index in [1.807, 2.05) is 30.4 Å². The largest absolute Gasteiger partial charge is 0.465 e. The van der Waals surface area contributed by atoms with Gasteiger partial charge in [0.2, 0.25) is 0 Å². The van der Waals surface area contributed by atoms with E-state index in [-0.39, 0.29) is 5.97 Å². The maximum absolute atomic E-state index is 11.5. The van der Waals surface area contributed by atoms with Crippen LogP contribution < -0.4 is 10.6 Å². The number of nitrogens with one attached hydrogen (secondary N) is 2. The van der Waals surface area contributed by atoms with Crippen molar-refractivity contribution in [1.82, 2.24) is 10.6 Å². The van der Waals surface area contributed by atoms with Crippen molar-refractivity contribution < 1.29 is 9.53 Å². The van der Waals surface area contributed by atoms with Crippen LogP contribution >= 0.6 is 11.3 Å². The molecule has 5 nitrogen and oxygen atoms in total. The first-order valence-corrected chi connectivity index (χ1v) is 9.25. The Hall–Kier alpha value is -2.34. The van der Waals surface area contributed by atoms with E-state index in [4.69, 9.17) is 4.74 Å². The van der Waals surface area contributed by atoms with E-state index >= 15 is 0 Å². The number of ether oxygens (including phenoxy) is 1. The van der Waals surface area contributed by atoms with Gasteiger partial charge in [-0.1, -0.05) is 19.1 Å². The van der Waals surface area contributed by atoms with Crippen molar-refractivity contribution in [2.24, 2.45) is 4.99 Å². The van der Waals surface area contributed by atoms with Gasteiger partial charge < -0.3 is 15.4 Å². The average molecular weight is 359 g/mol. The predicted molar refractivity (Wildman–Crippen MR) is 103 cm³/mol. The van der Waals surface area contributed by atoms with Crippen LogP contribution in [-0.4, -0.2) is 25.6 Å². The second-order valence-corrected chi connectivity index (χ2v) is 6.71. The van der Waals surface area contributed by atoms with Crippen LogP contribution in [0.1, 0.15) is 39.5 Å². The SMILES string of the molecule is CCNC(=NCc1ccc(C(=O)OC)cc1)NCc1ccc(CC)s1. The summed E-state index contributed by atoms with van der Waals surface area (Å²) in [5.41, 5.74) is 1.58. The molecule has 25 heavy (non-hydrogen) atoms. The fourth-order valence-electron chi connectivity index (χ4n) is 2.25. The van der Waals surface area contributed by atoms with Crippen molar-refractivity contribution in [2.75, 3.05) is 13.7 Å². The molecule has 1 aromatic carbocycles. The summed E-state index contributed by atoms with van der Waals surface area (Å²) in [7, 11) is 1.38. The van der Waals surface area contributed by atoms with E-state index in [9.17, 15) is 4.79 Å². The minimum atomic E-state index is -0.326. The fourth-order valence-corrected chi connectivity index (χ4v) is 3.15. The molecule has 0 saturated heterocycles. The van der Waals surface area contributed by atoms with Gasteiger partial charge in [0.25, 0.3) is 0 Å². The van der Waals surface area contributed by atoms with Crippen LogP contribution in [0.5, 0.6) is 0 Å². The lowest BCUT2D eigenvalue weighted by Gasteiger charge is -2.10. The molecule has 0 amide bonds. The highest BCUT2D eigenvalue weighted by Gasteiger charge is 2.05. The smallest absolute Gasteiger partial charge is 0.337 e. The van der Waals surface area contributed by atoms with Crippen molar-refractivity contribution in [3.8, 4) is 0 Å². The fraction of sp³-hybridized carbons (Fsp3) is 0.368. The van der Waals surface area contributed by atoms with Crippen LogP contribution in [-0.2, 0) is 24.2 Å². The van der Waals surface area contributed by atoms with Crippen molar-refractivity contribution in [3.05, 3.63) is 57.3 Å². The molecule has 6 heteroatoms. The molecule has 0 fully saturated rings. The molecule has 0 aliphatic rings. The second kappa shape index (κ2) is 9.84. The number of aryl methyl sites for hydroxylation is 1. The van der Waals surface area contributed by atoms with Gasteiger partial charge in [0, 0.05) is 16.3 Å². The number of carbonyl (C=O) groups is 1. The normalized spacial score (nSPS) is 11.2. The number of methoxy groups -OCH3 is 1. The Morgan fingerprint density at radius 2 is 1.80 bits per heavy atom. The number of hydrogen-bond acceptors (Lipinski definition) is 4. The molecule has 2 aromatic rings. The summed E-state index contributed by atoms with van der Waals surface area (Å²) in [6.07, 6.45) is 1.07. The topological polar surface area (TPSA) is 62.7 Å². The van der Waals surface area contributed by atoms with E-state index in [0.29, 0.717) is 12.1 Å². The van der Waals surface area contributed by atoms with Gasteiger partial charge in [0.05, 0.1) is 25.8 Å². The van der Waals surface area contributed by atoms with Crippen LogP contribution in [0.25, 0.3) is 0 Å². The Morgan fingerprint density at radius 3 is 2.40 bits per heavy atom. The monoisotopic (exact) mass is 359 g/mol. The van der Waals surface area contributed by atoms with Crippen molar-refractivity contribution in [3.63, 3.8) is 0 Å². The summed E-state index contributed by atoms with van der Waals surface area (Å²) in [6.45, 7) is 6.32. The first-order valence-electron chi connectivity index (χ1n) is 8.43. The van der Waals surface area contributed by atoms with Crippen molar-refractivity contribution >= 4 is 23.3 Å². The van der Waals surface area contributed by atoms with E-state index in [2.05, 4.69) is 34.7 Å². The predicted octanol–water partition coefficient (Wildman–Crippen LogP) is 3.35. The molecule has 0 aliphatic heterocycles. The number of aliphatic imine (C=N–C) groups is 1. The molecule has 0 aliphatic carbocycles. The number of carbonyl (C=O) groups excluding carboxylic acids is 1. The van der Waals surface area contributed by atoms with Crippen LogP contribution in [0.3, 0.4) is 0 Å². The quantitative estimate of drug-likeness (QED) is 0.452. The number of esters is 1. The Bertz CT molecular complexity index is 708. The molecule has 0 spiro atoms. The molecule has 0 unspecified atom stereocenters. The van der Waals surface area contributed by atoms with Gasteiger partial charge in [-0.25, -0.2) is 9.79 Å². The zero-order valence-electron chi connectivity index (χ0n) is 15.0. The molecule has 0 bridgehead atoms. The maximum atomic E-state index is 11.5. The first kappa shape index (κ1) is 19.0. The van der Waals surface area contributed by atoms with Crippen molar-refractivity contribution in [1.29, 1.82) is 0 Å². The van der Waals surface area contributed by atoms with Gasteiger partial charge in [-0.05, 0) is 43.2 Å². The molecule has 134 valence electrons. The van der Waals surface area contributed by atoms with Gasteiger partial charge >= 0.3 is 5.97 Å². The molecule has 2 rings (SSSR count). The average Bonchev–Trinajstić information content (AvgIpc) is 3.12. The number of nitrogens with zero attached hydrogens (tertiary/aromatic N) is 1. The number of rotatable bonds is 7. The zero-order chi connectivity index (χ0) is 18.1. The lowest BCUT2D eigenvalue weighted by Crippen LogP contribution is -2.36. The van der Waals surface area contributed by atoms with Crippen LogP contribution in [0.4, 0.5) is 0 Å². The Kier molecular flexibility index (Phi) is 7.47. The Balaban J connectivity index is 1.95. The number of hydrogen-bond donors (Lipinski definition) is 2. The summed E-state index contributed by atoms with van der Waals surface area (Å²) >= 11 is 1.82. The third kappa shape index (κ3) is 5.90. The molecular weight excluding hydrogens is 334 g/mol. The summed E-state index contributed by atoms with van der Waals surface area (Å²) in [5, 5.41) is 6.61. The van der Waals surface area contributed by atoms with E-state index in [1.54, 1.807) is 12.1 Å². The lowest BCUT2D eigenvalue weighted by molar-refractivity contribution is 0.0600. The third-order valence-electron chi connectivity index (χ3n) is 3.63. The van der Waals surface area contributed by atoms with E-state index < -0.39 is 0 Å². The number of benzene rings is 1. The molecule has 0 atom stereocenters. The highest BCUT2D eigenvalue weighted by Crippen LogP contribution is 2.16. The van der Waals surface area contributed by atoms with Crippen LogP contribution in [0.2, 0.25) is 0 Å². The molecule has 0 saturated carbocycles. The molecule has 1 heterocycles. The number of guanidine groups is 1. The number of thiophene rings is 1. The Morgan fingerprint density at radius 1 is 1.08 bits per heavy atom. The van der Waals surface area contributed by atoms with E-state index in [1.165, 1.54) is 16.9 Å². The summed E-state index contributed by atoms with van der Waals surface area (Å²) < 4.78 is 4.70. The Labute approximate surface area is 153 Å². The van der Waals surface area contributed by atoms with Crippen molar-refractivity contribution in [2.45, 2.75) is 33.4 Å². The molecule has 0 radical (unpaired) electrons. The third-order valence-corrected chi connectivity index (χ3v) is 4.86. The summed E-state index contributed by atoms with van der Waals surface area (Å²) in [6, 6.07) is 11.6. The van der Waals surface area contributed by atoms with Gasteiger partial charge in [0.15, 0.2) is 5.96 Å². The minimum Gasteiger partial charge on any atom is -0.465 e. The first-order chi connectivity index (χ1) is 12.2. The van der Waals surface area contributed by atoms with Crippen LogP contribution in [0.15, 0.2) is 41.4 Å². The van der Waals surface area contributed by atoms with Gasteiger partial charge in [-0.2, -0.15) is 0 Å². The molecule has 1 aromatic heterocycles. The van der Waals surface area contributed by atoms with Gasteiger partial charge in [-0.3, -0.25) is 0 Å². The summed E-state index contributed by atoms with van der Waals surface area (Å²) in [4.78, 5) is 18.7. The van der Waals surface area contributed by atoms with Crippen LogP contribution in [0, 0.1) is 0 Å². The van der Waals surface area contributed by atoms with E-state index in [0.717, 1.165) is 31.0 Å². The molecular formula is C19H25N3O2S. The summed E-state index contributed by atoms with van der Waals surface area (Å²) in [5.74, 6) is 0.457. The maximum Gasteiger partial charge on any atom is 0.337 e. The highest BCUT2D eigenvalue weighted by atomic mass is 32.1. The highest BCUT2D eigenvalue weighted by molar-refractivity contribution is 7.11. The zero-order valence-corrected chi connectivity index (χ0v) is 15.8. The standard InChI is InChI=1S/C19H25N3O2S/c1-4-16-10-11-17(25-16)13-22-19(20-5-2)21-12-14-6-8-15(9-7-14)18(23)24-3/h6-11H,4-5,12-13H2,1-3H3,(H2,20,21,22). The van der Waals surface area contributed by atoms with Gasteiger partial charge in [-0.15, -0.1) is 11.3 Å². The van der Waals surface area contributed by atoms with Gasteiger partial charge in [0.1, 0.15) is 0 Å².